The molecule has 0 aliphatic heterocycles. The first kappa shape index (κ1) is 16.5. The summed E-state index contributed by atoms with van der Waals surface area (Å²) in [4.78, 5) is 11.8. The lowest BCUT2D eigenvalue weighted by atomic mass is 10.2. The van der Waals surface area contributed by atoms with Crippen molar-refractivity contribution in [1.82, 2.24) is 0 Å². The smallest absolute Gasteiger partial charge is 0.224 e. The third-order valence-corrected chi connectivity index (χ3v) is 4.06. The van der Waals surface area contributed by atoms with E-state index in [2.05, 4.69) is 19.2 Å². The molecule has 1 aromatic rings. The Bertz CT molecular complexity index is 429. The van der Waals surface area contributed by atoms with Gasteiger partial charge in [-0.25, -0.2) is 0 Å². The van der Waals surface area contributed by atoms with Crippen LogP contribution in [0.1, 0.15) is 26.7 Å². The van der Waals surface area contributed by atoms with Gasteiger partial charge in [-0.05, 0) is 29.6 Å². The summed E-state index contributed by atoms with van der Waals surface area (Å²) in [6.07, 6.45) is 1.29. The summed E-state index contributed by atoms with van der Waals surface area (Å²) < 4.78 is 0. The van der Waals surface area contributed by atoms with E-state index in [1.54, 1.807) is 12.1 Å². The zero-order valence-electron chi connectivity index (χ0n) is 11.0. The lowest BCUT2D eigenvalue weighted by Gasteiger charge is -2.11. The van der Waals surface area contributed by atoms with Crippen LogP contribution in [-0.2, 0) is 4.79 Å². The molecule has 1 amide bonds. The first-order valence-electron chi connectivity index (χ1n) is 6.06. The van der Waals surface area contributed by atoms with Crippen LogP contribution < -0.4 is 11.1 Å². The van der Waals surface area contributed by atoms with Crippen molar-refractivity contribution in [3.63, 3.8) is 0 Å². The highest BCUT2D eigenvalue weighted by molar-refractivity contribution is 7.99. The Morgan fingerprint density at radius 3 is 2.68 bits per heavy atom. The minimum Gasteiger partial charge on any atom is -0.397 e. The fourth-order valence-corrected chi connectivity index (χ4v) is 2.82. The summed E-state index contributed by atoms with van der Waals surface area (Å²) in [6, 6.07) is 3.13. The highest BCUT2D eigenvalue weighted by atomic mass is 35.5. The first-order chi connectivity index (χ1) is 8.90. The predicted octanol–water partition coefficient (Wildman–Crippen LogP) is 4.44. The molecule has 106 valence electrons. The second-order valence-corrected chi connectivity index (χ2v) is 6.95. The highest BCUT2D eigenvalue weighted by Gasteiger charge is 2.10. The second kappa shape index (κ2) is 7.88. The third kappa shape index (κ3) is 5.93. The normalized spacial score (nSPS) is 10.8. The number of amides is 1. The van der Waals surface area contributed by atoms with Gasteiger partial charge >= 0.3 is 0 Å². The molecule has 1 aromatic carbocycles. The minimum atomic E-state index is -0.0831. The van der Waals surface area contributed by atoms with Crippen molar-refractivity contribution in [2.45, 2.75) is 31.9 Å². The topological polar surface area (TPSA) is 55.1 Å². The number of benzene rings is 1. The van der Waals surface area contributed by atoms with Crippen LogP contribution in [0.15, 0.2) is 12.1 Å². The van der Waals surface area contributed by atoms with E-state index in [4.69, 9.17) is 28.9 Å². The molecule has 0 saturated carbocycles. The maximum Gasteiger partial charge on any atom is 0.224 e. The lowest BCUT2D eigenvalue weighted by molar-refractivity contribution is -0.116. The molecule has 0 aliphatic rings. The lowest BCUT2D eigenvalue weighted by Crippen LogP contribution is -2.13. The average Bonchev–Trinajstić information content (AvgIpc) is 2.29. The van der Waals surface area contributed by atoms with Gasteiger partial charge in [-0.15, -0.1) is 0 Å². The molecule has 0 radical (unpaired) electrons. The van der Waals surface area contributed by atoms with Gasteiger partial charge in [-0.2, -0.15) is 11.8 Å². The van der Waals surface area contributed by atoms with Crippen molar-refractivity contribution in [2.24, 2.45) is 0 Å². The van der Waals surface area contributed by atoms with Crippen LogP contribution in [-0.4, -0.2) is 16.9 Å². The molecule has 0 atom stereocenters. The summed E-state index contributed by atoms with van der Waals surface area (Å²) >= 11 is 13.6. The zero-order valence-corrected chi connectivity index (χ0v) is 13.3. The van der Waals surface area contributed by atoms with Crippen LogP contribution in [0.2, 0.25) is 10.0 Å². The minimum absolute atomic E-state index is 0.0831. The molecule has 3 N–H and O–H groups in total. The maximum atomic E-state index is 11.8. The highest BCUT2D eigenvalue weighted by Crippen LogP contribution is 2.32. The molecule has 0 fully saturated rings. The molecule has 19 heavy (non-hydrogen) atoms. The number of nitrogens with two attached hydrogens (primary N) is 1. The van der Waals surface area contributed by atoms with Crippen molar-refractivity contribution in [3.05, 3.63) is 22.2 Å². The van der Waals surface area contributed by atoms with Gasteiger partial charge in [-0.3, -0.25) is 4.79 Å². The third-order valence-electron chi connectivity index (χ3n) is 2.35. The average molecular weight is 321 g/mol. The van der Waals surface area contributed by atoms with E-state index in [-0.39, 0.29) is 5.91 Å². The number of nitrogen functional groups attached to an aromatic ring is 1. The number of rotatable bonds is 6. The van der Waals surface area contributed by atoms with Gasteiger partial charge in [0.25, 0.3) is 0 Å². The van der Waals surface area contributed by atoms with Crippen LogP contribution in [0.5, 0.6) is 0 Å². The summed E-state index contributed by atoms with van der Waals surface area (Å²) in [7, 11) is 0. The maximum absolute atomic E-state index is 11.8. The molecule has 0 spiro atoms. The van der Waals surface area contributed by atoms with Gasteiger partial charge in [0.1, 0.15) is 0 Å². The quantitative estimate of drug-likeness (QED) is 0.602. The number of halogens is 2. The van der Waals surface area contributed by atoms with E-state index in [0.717, 1.165) is 12.2 Å². The van der Waals surface area contributed by atoms with Gasteiger partial charge in [0, 0.05) is 11.4 Å². The van der Waals surface area contributed by atoms with E-state index in [9.17, 15) is 4.79 Å². The first-order valence-corrected chi connectivity index (χ1v) is 7.86. The molecule has 6 heteroatoms. The molecular formula is C13H18Cl2N2OS. The molecule has 0 unspecified atom stereocenters. The van der Waals surface area contributed by atoms with Crippen LogP contribution in [0.25, 0.3) is 0 Å². The Kier molecular flexibility index (Phi) is 6.83. The fourth-order valence-electron chi connectivity index (χ4n) is 1.48. The van der Waals surface area contributed by atoms with E-state index in [1.165, 1.54) is 0 Å². The van der Waals surface area contributed by atoms with Gasteiger partial charge in [0.05, 0.1) is 16.4 Å². The van der Waals surface area contributed by atoms with Gasteiger partial charge in [0.2, 0.25) is 5.91 Å². The summed E-state index contributed by atoms with van der Waals surface area (Å²) in [5.41, 5.74) is 6.59. The van der Waals surface area contributed by atoms with Crippen molar-refractivity contribution < 1.29 is 4.79 Å². The van der Waals surface area contributed by atoms with Gasteiger partial charge in [0.15, 0.2) is 0 Å². The van der Waals surface area contributed by atoms with Crippen molar-refractivity contribution >= 4 is 52.2 Å². The number of nitrogens with one attached hydrogen (secondary N) is 1. The van der Waals surface area contributed by atoms with Crippen LogP contribution in [0.3, 0.4) is 0 Å². The van der Waals surface area contributed by atoms with E-state index < -0.39 is 0 Å². The molecule has 0 heterocycles. The largest absolute Gasteiger partial charge is 0.397 e. The van der Waals surface area contributed by atoms with E-state index in [0.29, 0.717) is 33.1 Å². The van der Waals surface area contributed by atoms with Gasteiger partial charge in [-0.1, -0.05) is 37.0 Å². The zero-order chi connectivity index (χ0) is 14.4. The van der Waals surface area contributed by atoms with Crippen molar-refractivity contribution in [1.29, 1.82) is 0 Å². The number of anilines is 2. The number of hydrogen-bond donors (Lipinski definition) is 2. The number of hydrogen-bond acceptors (Lipinski definition) is 3. The molecule has 0 bridgehead atoms. The van der Waals surface area contributed by atoms with E-state index >= 15 is 0 Å². The number of thioether (sulfide) groups is 1. The monoisotopic (exact) mass is 320 g/mol. The van der Waals surface area contributed by atoms with E-state index in [1.807, 2.05) is 11.8 Å². The second-order valence-electron chi connectivity index (χ2n) is 4.42. The molecule has 1 rings (SSSR count). The number of carbonyl (C=O) groups is 1. The molecule has 3 nitrogen and oxygen atoms in total. The Hall–Kier alpha value is -0.580. The SMILES string of the molecule is CC(C)SCCCC(=O)Nc1c(N)cc(Cl)cc1Cl. The predicted molar refractivity (Wildman–Crippen MR) is 86.3 cm³/mol. The Morgan fingerprint density at radius 2 is 2.11 bits per heavy atom. The Morgan fingerprint density at radius 1 is 1.42 bits per heavy atom. The summed E-state index contributed by atoms with van der Waals surface area (Å²) in [5.74, 6) is 0.884. The van der Waals surface area contributed by atoms with Crippen molar-refractivity contribution in [2.75, 3.05) is 16.8 Å². The summed E-state index contributed by atoms with van der Waals surface area (Å²) in [5, 5.41) is 4.13. The number of carbonyl (C=O) groups excluding carboxylic acids is 1. The van der Waals surface area contributed by atoms with Crippen LogP contribution in [0, 0.1) is 0 Å². The van der Waals surface area contributed by atoms with Crippen LogP contribution >= 0.6 is 35.0 Å². The Balaban J connectivity index is 2.49. The summed E-state index contributed by atoms with van der Waals surface area (Å²) in [6.45, 7) is 4.28. The molecular weight excluding hydrogens is 303 g/mol. The Labute approximate surface area is 128 Å². The fraction of sp³-hybridized carbons (Fsp3) is 0.462. The molecule has 0 aliphatic carbocycles. The molecule has 0 aromatic heterocycles. The molecule has 0 saturated heterocycles. The van der Waals surface area contributed by atoms with Crippen LogP contribution in [0.4, 0.5) is 11.4 Å². The van der Waals surface area contributed by atoms with Crippen molar-refractivity contribution in [3.8, 4) is 0 Å². The van der Waals surface area contributed by atoms with Gasteiger partial charge < -0.3 is 11.1 Å². The standard InChI is InChI=1S/C13H18Cl2N2OS/c1-8(2)19-5-3-4-12(18)17-13-10(15)6-9(14)7-11(13)16/h6-8H,3-5,16H2,1-2H3,(H,17,18).